The molecule has 2 rings (SSSR count). The van der Waals surface area contributed by atoms with Crippen LogP contribution in [-0.4, -0.2) is 48.2 Å². The van der Waals surface area contributed by atoms with E-state index in [0.717, 1.165) is 98.6 Å². The summed E-state index contributed by atoms with van der Waals surface area (Å²) in [6.07, 6.45) is 19.5. The lowest BCUT2D eigenvalue weighted by molar-refractivity contribution is 0.169. The van der Waals surface area contributed by atoms with Crippen molar-refractivity contribution in [3.8, 4) is 12.3 Å². The molecule has 4 unspecified atom stereocenters. The lowest BCUT2D eigenvalue weighted by Gasteiger charge is -2.45. The zero-order valence-corrected chi connectivity index (χ0v) is 34.3. The second-order valence-electron chi connectivity index (χ2n) is 17.0. The zero-order valence-electron chi connectivity index (χ0n) is 34.3. The highest BCUT2D eigenvalue weighted by molar-refractivity contribution is 5.31. The first-order valence-electron chi connectivity index (χ1n) is 20.1. The molecule has 1 aliphatic carbocycles. The Balaban J connectivity index is 2.38. The normalized spacial score (nSPS) is 20.6. The third kappa shape index (κ3) is 13.4. The van der Waals surface area contributed by atoms with E-state index in [2.05, 4.69) is 126 Å². The van der Waals surface area contributed by atoms with Crippen LogP contribution >= 0.6 is 0 Å². The fourth-order valence-electron chi connectivity index (χ4n) is 7.95. The number of hydrogen-bond donors (Lipinski definition) is 5. The summed E-state index contributed by atoms with van der Waals surface area (Å²) >= 11 is 0. The van der Waals surface area contributed by atoms with Crippen molar-refractivity contribution in [2.75, 3.05) is 13.1 Å². The average molecular weight is 703 g/mol. The monoisotopic (exact) mass is 703 g/mol. The van der Waals surface area contributed by atoms with Crippen molar-refractivity contribution in [1.29, 1.82) is 0 Å². The van der Waals surface area contributed by atoms with Crippen LogP contribution in [0.3, 0.4) is 0 Å². The molecule has 0 radical (unpaired) electrons. The number of allylic oxidation sites excluding steroid dienone is 1. The molecular weight excluding hydrogens is 625 g/mol. The highest BCUT2D eigenvalue weighted by atomic mass is 15.3. The van der Waals surface area contributed by atoms with Gasteiger partial charge in [-0.3, -0.25) is 0 Å². The van der Waals surface area contributed by atoms with E-state index in [4.69, 9.17) is 13.0 Å². The molecule has 288 valence electrons. The van der Waals surface area contributed by atoms with Crippen molar-refractivity contribution < 1.29 is 0 Å². The molecule has 0 spiro atoms. The summed E-state index contributed by atoms with van der Waals surface area (Å²) in [7, 11) is 0. The Morgan fingerprint density at radius 2 is 1.59 bits per heavy atom. The molecule has 6 heteroatoms. The standard InChI is InChI=1S/C45H78N6/c1-16-19-24-40(35(8)36(9)46-29-17-2)48-37(10)41-30-33(6)31-51(41)38(11)43(45(15)27-22-20-21-23-28-45)50-39(12)49-42(44(13,14)18-3)26-25-34(7)47-32(4)5/h1,32-33,40-43,46-50H,7-12,17-31H2,2-6,13-15H3/t33-,40?,41?,42?,43?/m1/s1. The van der Waals surface area contributed by atoms with E-state index in [1.165, 1.54) is 25.7 Å². The van der Waals surface area contributed by atoms with Crippen molar-refractivity contribution >= 4 is 0 Å². The van der Waals surface area contributed by atoms with E-state index in [1.54, 1.807) is 0 Å². The topological polar surface area (TPSA) is 63.4 Å². The van der Waals surface area contributed by atoms with E-state index < -0.39 is 0 Å². The van der Waals surface area contributed by atoms with Crippen molar-refractivity contribution in [2.24, 2.45) is 16.7 Å². The Morgan fingerprint density at radius 3 is 2.16 bits per heavy atom. The van der Waals surface area contributed by atoms with Gasteiger partial charge in [0.25, 0.3) is 0 Å². The van der Waals surface area contributed by atoms with E-state index >= 15 is 0 Å². The Kier molecular flexibility index (Phi) is 17.9. The summed E-state index contributed by atoms with van der Waals surface area (Å²) in [5.74, 6) is 4.21. The summed E-state index contributed by atoms with van der Waals surface area (Å²) in [5, 5.41) is 18.6. The van der Waals surface area contributed by atoms with Gasteiger partial charge in [0, 0.05) is 54.4 Å². The molecule has 0 aromatic rings. The Morgan fingerprint density at radius 1 is 0.941 bits per heavy atom. The van der Waals surface area contributed by atoms with Crippen molar-refractivity contribution in [2.45, 2.75) is 169 Å². The molecule has 2 fully saturated rings. The third-order valence-electron chi connectivity index (χ3n) is 11.6. The number of rotatable bonds is 24. The lowest BCUT2D eigenvalue weighted by atomic mass is 9.74. The van der Waals surface area contributed by atoms with Crippen LogP contribution in [0.15, 0.2) is 73.7 Å². The fraction of sp³-hybridized carbons (Fsp3) is 0.689. The first-order chi connectivity index (χ1) is 24.0. The van der Waals surface area contributed by atoms with Crippen molar-refractivity contribution in [3.63, 3.8) is 0 Å². The molecule has 0 bridgehead atoms. The Bertz CT molecular complexity index is 1230. The molecule has 5 atom stereocenters. The predicted molar refractivity (Wildman–Crippen MR) is 224 cm³/mol. The van der Waals surface area contributed by atoms with Gasteiger partial charge in [-0.15, -0.1) is 12.3 Å². The third-order valence-corrected chi connectivity index (χ3v) is 11.6. The van der Waals surface area contributed by atoms with Crippen LogP contribution in [-0.2, 0) is 0 Å². The minimum absolute atomic E-state index is 0.0318. The van der Waals surface area contributed by atoms with E-state index in [-0.39, 0.29) is 35.0 Å². The molecule has 5 N–H and O–H groups in total. The Labute approximate surface area is 315 Å². The van der Waals surface area contributed by atoms with E-state index in [0.29, 0.717) is 18.4 Å². The maximum Gasteiger partial charge on any atom is 0.0920 e. The minimum Gasteiger partial charge on any atom is -0.387 e. The molecule has 0 aromatic heterocycles. The average Bonchev–Trinajstić information content (AvgIpc) is 3.34. The van der Waals surface area contributed by atoms with Crippen LogP contribution in [0.1, 0.15) is 139 Å². The van der Waals surface area contributed by atoms with Gasteiger partial charge in [-0.05, 0) is 87.5 Å². The van der Waals surface area contributed by atoms with Gasteiger partial charge in [-0.2, -0.15) is 0 Å². The summed E-state index contributed by atoms with van der Waals surface area (Å²) in [6.45, 7) is 47.3. The molecule has 0 aromatic carbocycles. The van der Waals surface area contributed by atoms with Crippen LogP contribution in [0.25, 0.3) is 0 Å². The largest absolute Gasteiger partial charge is 0.387 e. The summed E-state index contributed by atoms with van der Waals surface area (Å²) < 4.78 is 0. The number of hydrogen-bond acceptors (Lipinski definition) is 6. The summed E-state index contributed by atoms with van der Waals surface area (Å²) in [5.41, 5.74) is 5.15. The first kappa shape index (κ1) is 44.0. The van der Waals surface area contributed by atoms with Crippen LogP contribution in [0.4, 0.5) is 0 Å². The molecule has 1 saturated carbocycles. The minimum atomic E-state index is -0.0422. The molecule has 1 heterocycles. The highest BCUT2D eigenvalue weighted by Crippen LogP contribution is 2.43. The van der Waals surface area contributed by atoms with Gasteiger partial charge < -0.3 is 31.5 Å². The van der Waals surface area contributed by atoms with Gasteiger partial charge in [-0.1, -0.05) is 107 Å². The molecule has 6 nitrogen and oxygen atoms in total. The second kappa shape index (κ2) is 20.7. The van der Waals surface area contributed by atoms with Gasteiger partial charge in [0.05, 0.1) is 23.9 Å². The van der Waals surface area contributed by atoms with Gasteiger partial charge in [0.1, 0.15) is 0 Å². The van der Waals surface area contributed by atoms with Crippen LogP contribution < -0.4 is 26.6 Å². The summed E-state index contributed by atoms with van der Waals surface area (Å²) in [4.78, 5) is 2.53. The van der Waals surface area contributed by atoms with Gasteiger partial charge >= 0.3 is 0 Å². The van der Waals surface area contributed by atoms with E-state index in [9.17, 15) is 0 Å². The maximum absolute atomic E-state index is 5.73. The number of nitrogens with zero attached hydrogens (tertiary/aromatic N) is 1. The van der Waals surface area contributed by atoms with Crippen LogP contribution in [0.2, 0.25) is 0 Å². The fourth-order valence-corrected chi connectivity index (χ4v) is 7.95. The smallest absolute Gasteiger partial charge is 0.0920 e. The second-order valence-corrected chi connectivity index (χ2v) is 17.0. The molecule has 2 aliphatic rings. The number of likely N-dealkylation sites (tertiary alicyclic amines) is 1. The molecular formula is C45H78N6. The highest BCUT2D eigenvalue weighted by Gasteiger charge is 2.42. The lowest BCUT2D eigenvalue weighted by Crippen LogP contribution is -2.53. The molecule has 1 saturated heterocycles. The summed E-state index contributed by atoms with van der Waals surface area (Å²) in [6, 6.07) is 0.716. The van der Waals surface area contributed by atoms with Gasteiger partial charge in [0.15, 0.2) is 0 Å². The number of nitrogens with one attached hydrogen (secondary N) is 5. The van der Waals surface area contributed by atoms with Crippen molar-refractivity contribution in [3.05, 3.63) is 73.7 Å². The van der Waals surface area contributed by atoms with Crippen molar-refractivity contribution in [1.82, 2.24) is 31.5 Å². The number of terminal acetylenes is 1. The first-order valence-corrected chi connectivity index (χ1v) is 20.1. The molecule has 51 heavy (non-hydrogen) atoms. The van der Waals surface area contributed by atoms with Gasteiger partial charge in [-0.25, -0.2) is 0 Å². The van der Waals surface area contributed by atoms with E-state index in [1.807, 2.05) is 0 Å². The molecule has 0 amide bonds. The zero-order chi connectivity index (χ0) is 38.4. The quantitative estimate of drug-likeness (QED) is 0.0392. The SMILES string of the molecule is C#CCCC(NC(=C)C1C[C@@H](C)CN1C(=C)C(NC(=C)NC(CCC(=C)NC(C)C)C(C)(C)CC)C1(C)CCCCCC1)C(=C)C(=C)NCCC. The van der Waals surface area contributed by atoms with Crippen LogP contribution in [0, 0.1) is 29.1 Å². The molecule has 1 aliphatic heterocycles. The Hall–Kier alpha value is -3.20. The van der Waals surface area contributed by atoms with Gasteiger partial charge in [0.2, 0.25) is 0 Å². The maximum atomic E-state index is 5.73. The van der Waals surface area contributed by atoms with Crippen LogP contribution in [0.5, 0.6) is 0 Å². The predicted octanol–water partition coefficient (Wildman–Crippen LogP) is 9.64.